The first-order valence-electron chi connectivity index (χ1n) is 8.48. The molecule has 0 radical (unpaired) electrons. The van der Waals surface area contributed by atoms with E-state index in [1.54, 1.807) is 0 Å². The third-order valence-corrected chi connectivity index (χ3v) is 6.09. The summed E-state index contributed by atoms with van der Waals surface area (Å²) in [5, 5.41) is 0.860. The van der Waals surface area contributed by atoms with Gasteiger partial charge in [-0.2, -0.15) is 0 Å². The lowest BCUT2D eigenvalue weighted by Gasteiger charge is -2.37. The van der Waals surface area contributed by atoms with Crippen molar-refractivity contribution in [3.05, 3.63) is 34.9 Å². The molecule has 1 aromatic carbocycles. The molecular formula is C19H31Cl. The predicted octanol–water partition coefficient (Wildman–Crippen LogP) is 6.93. The van der Waals surface area contributed by atoms with E-state index in [-0.39, 0.29) is 2.85 Å². The Kier molecular flexibility index (Phi) is 4.71. The van der Waals surface area contributed by atoms with E-state index >= 15 is 0 Å². The second-order valence-electron chi connectivity index (χ2n) is 7.18. The summed E-state index contributed by atoms with van der Waals surface area (Å²) in [6, 6.07) is 8.56. The molecule has 0 atom stereocenters. The molecule has 0 bridgehead atoms. The van der Waals surface area contributed by atoms with E-state index in [9.17, 15) is 0 Å². The minimum atomic E-state index is 0. The van der Waals surface area contributed by atoms with Crippen LogP contribution < -0.4 is 0 Å². The van der Waals surface area contributed by atoms with Gasteiger partial charge in [0.15, 0.2) is 0 Å². The Balaban J connectivity index is 0.00000121. The molecule has 1 aromatic rings. The van der Waals surface area contributed by atoms with E-state index in [1.807, 2.05) is 12.1 Å². The Labute approximate surface area is 131 Å². The number of hydrogen-bond acceptors (Lipinski definition) is 0. The Bertz CT molecular complexity index is 416. The molecule has 2 saturated carbocycles. The minimum absolute atomic E-state index is 0. The summed E-state index contributed by atoms with van der Waals surface area (Å²) >= 11 is 5.99. The van der Waals surface area contributed by atoms with Crippen LogP contribution in [0, 0.1) is 17.8 Å². The molecule has 0 N–H and O–H groups in total. The summed E-state index contributed by atoms with van der Waals surface area (Å²) in [6.45, 7) is 2.42. The summed E-state index contributed by atoms with van der Waals surface area (Å²) in [5.74, 6) is 3.83. The highest BCUT2D eigenvalue weighted by Gasteiger charge is 2.30. The van der Waals surface area contributed by atoms with Crippen molar-refractivity contribution >= 4 is 11.6 Å². The van der Waals surface area contributed by atoms with Crippen LogP contribution in [-0.2, 0) is 0 Å². The van der Waals surface area contributed by atoms with E-state index in [0.29, 0.717) is 0 Å². The summed E-state index contributed by atoms with van der Waals surface area (Å²) in [5.41, 5.74) is 1.50. The SMILES string of the molecule is CC1CCC(C2CCC(c3ccc(Cl)cc3)CC2)CC1.[HH].[HH]. The molecule has 0 amide bonds. The second kappa shape index (κ2) is 6.52. The highest BCUT2D eigenvalue weighted by atomic mass is 35.5. The normalized spacial score (nSPS) is 34.9. The predicted molar refractivity (Wildman–Crippen MR) is 91.5 cm³/mol. The van der Waals surface area contributed by atoms with Gasteiger partial charge in [0, 0.05) is 7.88 Å². The van der Waals surface area contributed by atoms with Gasteiger partial charge in [0.1, 0.15) is 0 Å². The molecule has 0 unspecified atom stereocenters. The monoisotopic (exact) mass is 294 g/mol. The maximum Gasteiger partial charge on any atom is 0.0406 e. The van der Waals surface area contributed by atoms with Gasteiger partial charge in [-0.25, -0.2) is 0 Å². The minimum Gasteiger partial charge on any atom is -0.0843 e. The number of benzene rings is 1. The van der Waals surface area contributed by atoms with Crippen molar-refractivity contribution < 1.29 is 2.85 Å². The molecule has 0 nitrogen and oxygen atoms in total. The average molecular weight is 295 g/mol. The third kappa shape index (κ3) is 3.39. The molecule has 3 rings (SSSR count). The first-order valence-corrected chi connectivity index (χ1v) is 8.85. The maximum absolute atomic E-state index is 5.99. The zero-order chi connectivity index (χ0) is 13.9. The van der Waals surface area contributed by atoms with E-state index < -0.39 is 0 Å². The number of rotatable bonds is 2. The molecule has 2 aliphatic rings. The molecular weight excluding hydrogens is 264 g/mol. The van der Waals surface area contributed by atoms with Gasteiger partial charge < -0.3 is 0 Å². The van der Waals surface area contributed by atoms with E-state index in [1.165, 1.54) is 56.9 Å². The van der Waals surface area contributed by atoms with Gasteiger partial charge in [0.05, 0.1) is 0 Å². The molecule has 0 spiro atoms. The molecule has 0 aliphatic heterocycles. The fraction of sp³-hybridized carbons (Fsp3) is 0.684. The molecule has 0 saturated heterocycles. The smallest absolute Gasteiger partial charge is 0.0406 e. The highest BCUT2D eigenvalue weighted by Crippen LogP contribution is 2.43. The molecule has 2 fully saturated rings. The van der Waals surface area contributed by atoms with Gasteiger partial charge in [0.2, 0.25) is 0 Å². The zero-order valence-corrected chi connectivity index (χ0v) is 13.4. The molecule has 20 heavy (non-hydrogen) atoms. The Morgan fingerprint density at radius 1 is 0.800 bits per heavy atom. The zero-order valence-electron chi connectivity index (χ0n) is 12.7. The molecule has 114 valence electrons. The molecule has 0 aromatic heterocycles. The van der Waals surface area contributed by atoms with E-state index in [0.717, 1.165) is 28.7 Å². The van der Waals surface area contributed by atoms with Gasteiger partial charge in [-0.15, -0.1) is 0 Å². The fourth-order valence-corrected chi connectivity index (χ4v) is 4.54. The topological polar surface area (TPSA) is 0 Å². The van der Waals surface area contributed by atoms with Crippen molar-refractivity contribution in [2.75, 3.05) is 0 Å². The van der Waals surface area contributed by atoms with Crippen LogP contribution in [-0.4, -0.2) is 0 Å². The lowest BCUT2D eigenvalue weighted by atomic mass is 9.68. The van der Waals surface area contributed by atoms with Crippen LogP contribution in [0.3, 0.4) is 0 Å². The summed E-state index contributed by atoms with van der Waals surface area (Å²) in [6.07, 6.45) is 11.6. The first kappa shape index (κ1) is 14.4. The van der Waals surface area contributed by atoms with Crippen LogP contribution in [0.1, 0.15) is 72.6 Å². The lowest BCUT2D eigenvalue weighted by Crippen LogP contribution is -2.24. The Hall–Kier alpha value is -0.490. The van der Waals surface area contributed by atoms with Crippen LogP contribution in [0.25, 0.3) is 0 Å². The highest BCUT2D eigenvalue weighted by molar-refractivity contribution is 6.30. The van der Waals surface area contributed by atoms with Gasteiger partial charge in [-0.1, -0.05) is 43.5 Å². The van der Waals surface area contributed by atoms with Crippen LogP contribution in [0.4, 0.5) is 0 Å². The van der Waals surface area contributed by atoms with Crippen molar-refractivity contribution in [1.29, 1.82) is 0 Å². The van der Waals surface area contributed by atoms with Crippen molar-refractivity contribution in [1.82, 2.24) is 0 Å². The van der Waals surface area contributed by atoms with Gasteiger partial charge >= 0.3 is 0 Å². The first-order chi connectivity index (χ1) is 9.72. The maximum atomic E-state index is 5.99. The summed E-state index contributed by atoms with van der Waals surface area (Å²) < 4.78 is 0. The molecule has 0 heterocycles. The molecule has 1 heteroatoms. The molecule has 2 aliphatic carbocycles. The number of halogens is 1. The number of hydrogen-bond donors (Lipinski definition) is 0. The summed E-state index contributed by atoms with van der Waals surface area (Å²) in [4.78, 5) is 0. The third-order valence-electron chi connectivity index (χ3n) is 5.84. The van der Waals surface area contributed by atoms with Crippen LogP contribution in [0.2, 0.25) is 5.02 Å². The second-order valence-corrected chi connectivity index (χ2v) is 7.62. The van der Waals surface area contributed by atoms with Crippen molar-refractivity contribution in [2.24, 2.45) is 17.8 Å². The van der Waals surface area contributed by atoms with Crippen LogP contribution in [0.15, 0.2) is 24.3 Å². The van der Waals surface area contributed by atoms with E-state index in [2.05, 4.69) is 19.1 Å². The summed E-state index contributed by atoms with van der Waals surface area (Å²) in [7, 11) is 0. The standard InChI is InChI=1S/C19H27Cl.2H2/c1-14-2-4-15(5-3-14)16-6-8-17(9-7-16)18-10-12-19(20)13-11-18;;/h10-17H,2-9H2,1H3;2*1H. The van der Waals surface area contributed by atoms with Gasteiger partial charge in [-0.05, 0) is 79.9 Å². The Morgan fingerprint density at radius 3 is 1.85 bits per heavy atom. The van der Waals surface area contributed by atoms with Gasteiger partial charge in [0.25, 0.3) is 0 Å². The fourth-order valence-electron chi connectivity index (χ4n) is 4.42. The Morgan fingerprint density at radius 2 is 1.30 bits per heavy atom. The average Bonchev–Trinajstić information content (AvgIpc) is 2.49. The van der Waals surface area contributed by atoms with Crippen molar-refractivity contribution in [3.63, 3.8) is 0 Å². The van der Waals surface area contributed by atoms with Crippen LogP contribution in [0.5, 0.6) is 0 Å². The van der Waals surface area contributed by atoms with E-state index in [4.69, 9.17) is 11.6 Å². The van der Waals surface area contributed by atoms with Crippen molar-refractivity contribution in [2.45, 2.75) is 64.2 Å². The van der Waals surface area contributed by atoms with Gasteiger partial charge in [-0.3, -0.25) is 0 Å². The lowest BCUT2D eigenvalue weighted by molar-refractivity contribution is 0.165. The van der Waals surface area contributed by atoms with Crippen LogP contribution >= 0.6 is 11.6 Å². The van der Waals surface area contributed by atoms with Crippen molar-refractivity contribution in [3.8, 4) is 0 Å². The quantitative estimate of drug-likeness (QED) is 0.554. The largest absolute Gasteiger partial charge is 0.0843 e.